The van der Waals surface area contributed by atoms with Crippen LogP contribution in [0.4, 0.5) is 0 Å². The van der Waals surface area contributed by atoms with Gasteiger partial charge in [-0.05, 0) is 38.5 Å². The number of carbonyl (C=O) groups is 2. The number of Topliss-reactive ketones (excluding diaryl/α,β-unsaturated/α-hetero) is 1. The smallest absolute Gasteiger partial charge is 0.340 e. The molecule has 1 aromatic heterocycles. The molecule has 0 saturated carbocycles. The first-order chi connectivity index (χ1) is 11.9. The molecule has 0 aliphatic heterocycles. The van der Waals surface area contributed by atoms with Crippen LogP contribution in [0.2, 0.25) is 0 Å². The summed E-state index contributed by atoms with van der Waals surface area (Å²) in [5.74, 6) is -1.09. The van der Waals surface area contributed by atoms with Crippen LogP contribution in [0.25, 0.3) is 6.08 Å². The third-order valence-corrected chi connectivity index (χ3v) is 4.37. The van der Waals surface area contributed by atoms with Gasteiger partial charge in [-0.2, -0.15) is 5.26 Å². The Morgan fingerprint density at radius 2 is 1.88 bits per heavy atom. The van der Waals surface area contributed by atoms with Gasteiger partial charge in [0.1, 0.15) is 11.6 Å². The number of ether oxygens (including phenoxy) is 1. The SMILES string of the molecule is CCOC(=O)c1c(C)[nH]c(C)c1C(=O)C(C#N)=Cc1ccccc1Br. The monoisotopic (exact) mass is 400 g/mol. The maximum Gasteiger partial charge on any atom is 0.340 e. The van der Waals surface area contributed by atoms with E-state index in [0.717, 1.165) is 4.47 Å². The van der Waals surface area contributed by atoms with Crippen LogP contribution < -0.4 is 0 Å². The molecule has 0 bridgehead atoms. The number of hydrogen-bond donors (Lipinski definition) is 1. The van der Waals surface area contributed by atoms with E-state index in [1.807, 2.05) is 24.3 Å². The summed E-state index contributed by atoms with van der Waals surface area (Å²) in [7, 11) is 0. The molecule has 2 rings (SSSR count). The van der Waals surface area contributed by atoms with E-state index in [1.165, 1.54) is 6.08 Å². The molecular formula is C19H17BrN2O3. The Kier molecular flexibility index (Phi) is 5.94. The first-order valence-electron chi connectivity index (χ1n) is 7.68. The predicted octanol–water partition coefficient (Wildman–Crippen LogP) is 4.36. The number of hydrogen-bond acceptors (Lipinski definition) is 4. The molecule has 6 heteroatoms. The van der Waals surface area contributed by atoms with Crippen molar-refractivity contribution in [3.8, 4) is 6.07 Å². The summed E-state index contributed by atoms with van der Waals surface area (Å²) in [4.78, 5) is 28.1. The van der Waals surface area contributed by atoms with Gasteiger partial charge in [-0.1, -0.05) is 34.1 Å². The minimum Gasteiger partial charge on any atom is -0.462 e. The lowest BCUT2D eigenvalue weighted by molar-refractivity contribution is 0.0523. The second-order valence-electron chi connectivity index (χ2n) is 5.37. The van der Waals surface area contributed by atoms with Crippen molar-refractivity contribution >= 4 is 33.8 Å². The molecule has 1 N–H and O–H groups in total. The number of benzene rings is 1. The Morgan fingerprint density at radius 1 is 1.24 bits per heavy atom. The lowest BCUT2D eigenvalue weighted by atomic mass is 9.98. The van der Waals surface area contributed by atoms with Crippen molar-refractivity contribution < 1.29 is 14.3 Å². The molecule has 25 heavy (non-hydrogen) atoms. The molecule has 0 saturated heterocycles. The molecule has 0 aliphatic carbocycles. The number of ketones is 1. The second-order valence-corrected chi connectivity index (χ2v) is 6.22. The Morgan fingerprint density at radius 3 is 2.48 bits per heavy atom. The van der Waals surface area contributed by atoms with Gasteiger partial charge in [-0.25, -0.2) is 4.79 Å². The summed E-state index contributed by atoms with van der Waals surface area (Å²) in [5.41, 5.74) is 2.07. The van der Waals surface area contributed by atoms with Crippen molar-refractivity contribution in [2.24, 2.45) is 0 Å². The number of nitrogens with one attached hydrogen (secondary N) is 1. The maximum atomic E-state index is 12.9. The molecule has 0 spiro atoms. The average molecular weight is 401 g/mol. The summed E-state index contributed by atoms with van der Waals surface area (Å²) in [6.45, 7) is 5.28. The van der Waals surface area contributed by atoms with E-state index in [-0.39, 0.29) is 23.3 Å². The average Bonchev–Trinajstić information content (AvgIpc) is 2.88. The Balaban J connectivity index is 2.55. The molecule has 2 aromatic rings. The van der Waals surface area contributed by atoms with E-state index in [4.69, 9.17) is 4.74 Å². The normalized spacial score (nSPS) is 11.1. The van der Waals surface area contributed by atoms with Crippen molar-refractivity contribution in [2.75, 3.05) is 6.61 Å². The third-order valence-electron chi connectivity index (χ3n) is 3.65. The zero-order valence-corrected chi connectivity index (χ0v) is 15.7. The lowest BCUT2D eigenvalue weighted by Gasteiger charge is -2.06. The zero-order valence-electron chi connectivity index (χ0n) is 14.1. The molecule has 0 radical (unpaired) electrons. The standard InChI is InChI=1S/C19H17BrN2O3/c1-4-25-19(24)17-12(3)22-11(2)16(17)18(23)14(10-21)9-13-7-5-6-8-15(13)20/h5-9,22H,4H2,1-3H3. The minimum atomic E-state index is -0.578. The summed E-state index contributed by atoms with van der Waals surface area (Å²) in [6.07, 6.45) is 1.50. The Hall–Kier alpha value is -2.65. The third kappa shape index (κ3) is 3.89. The van der Waals surface area contributed by atoms with E-state index in [1.54, 1.807) is 26.8 Å². The summed E-state index contributed by atoms with van der Waals surface area (Å²) < 4.78 is 5.81. The minimum absolute atomic E-state index is 0.0560. The summed E-state index contributed by atoms with van der Waals surface area (Å²) in [5, 5.41) is 9.46. The molecule has 1 heterocycles. The number of carbonyl (C=O) groups excluding carboxylic acids is 2. The van der Waals surface area contributed by atoms with Crippen molar-refractivity contribution in [1.29, 1.82) is 5.26 Å². The fraction of sp³-hybridized carbons (Fsp3) is 0.211. The largest absolute Gasteiger partial charge is 0.462 e. The van der Waals surface area contributed by atoms with E-state index in [0.29, 0.717) is 17.0 Å². The van der Waals surface area contributed by atoms with Gasteiger partial charge in [-0.3, -0.25) is 4.79 Å². The highest BCUT2D eigenvalue weighted by atomic mass is 79.9. The lowest BCUT2D eigenvalue weighted by Crippen LogP contribution is -2.13. The molecule has 0 amide bonds. The van der Waals surface area contributed by atoms with Crippen LogP contribution in [0.5, 0.6) is 0 Å². The number of aromatic amines is 1. The van der Waals surface area contributed by atoms with Crippen LogP contribution in [0, 0.1) is 25.2 Å². The van der Waals surface area contributed by atoms with Crippen molar-refractivity contribution in [2.45, 2.75) is 20.8 Å². The van der Waals surface area contributed by atoms with Crippen LogP contribution in [0.1, 0.15) is 44.6 Å². The number of nitrogens with zero attached hydrogens (tertiary/aromatic N) is 1. The molecular weight excluding hydrogens is 384 g/mol. The maximum absolute atomic E-state index is 12.9. The number of aryl methyl sites for hydroxylation is 2. The summed E-state index contributed by atoms with van der Waals surface area (Å²) >= 11 is 3.39. The Labute approximate surface area is 154 Å². The van der Waals surface area contributed by atoms with Gasteiger partial charge in [0.05, 0.1) is 17.7 Å². The molecule has 1 aromatic carbocycles. The van der Waals surface area contributed by atoms with Crippen LogP contribution in [-0.4, -0.2) is 23.3 Å². The number of aromatic nitrogens is 1. The van der Waals surface area contributed by atoms with Crippen LogP contribution >= 0.6 is 15.9 Å². The first-order valence-corrected chi connectivity index (χ1v) is 8.47. The van der Waals surface area contributed by atoms with Gasteiger partial charge in [0, 0.05) is 15.9 Å². The predicted molar refractivity (Wildman–Crippen MR) is 98.3 cm³/mol. The van der Waals surface area contributed by atoms with Gasteiger partial charge in [0.25, 0.3) is 0 Å². The molecule has 0 unspecified atom stereocenters. The first kappa shape index (κ1) is 18.7. The van der Waals surface area contributed by atoms with Crippen molar-refractivity contribution in [3.63, 3.8) is 0 Å². The van der Waals surface area contributed by atoms with Gasteiger partial charge in [0.2, 0.25) is 5.78 Å². The van der Waals surface area contributed by atoms with Crippen LogP contribution in [0.15, 0.2) is 34.3 Å². The van der Waals surface area contributed by atoms with Gasteiger partial charge < -0.3 is 9.72 Å². The number of H-pyrrole nitrogens is 1. The molecule has 128 valence electrons. The van der Waals surface area contributed by atoms with Crippen LogP contribution in [0.3, 0.4) is 0 Å². The topological polar surface area (TPSA) is 83.0 Å². The highest BCUT2D eigenvalue weighted by Gasteiger charge is 2.27. The van der Waals surface area contributed by atoms with Crippen LogP contribution in [-0.2, 0) is 4.74 Å². The number of allylic oxidation sites excluding steroid dienone is 1. The molecule has 0 fully saturated rings. The number of rotatable bonds is 5. The fourth-order valence-electron chi connectivity index (χ4n) is 2.55. The fourth-order valence-corrected chi connectivity index (χ4v) is 2.95. The number of esters is 1. The second kappa shape index (κ2) is 7.95. The molecule has 0 atom stereocenters. The zero-order chi connectivity index (χ0) is 18.6. The van der Waals surface area contributed by atoms with E-state index in [9.17, 15) is 14.9 Å². The Bertz CT molecular complexity index is 904. The molecule has 0 aliphatic rings. The quantitative estimate of drug-likeness (QED) is 0.349. The van der Waals surface area contributed by atoms with Crippen molar-refractivity contribution in [3.05, 3.63) is 62.4 Å². The van der Waals surface area contributed by atoms with Gasteiger partial charge >= 0.3 is 5.97 Å². The number of nitriles is 1. The van der Waals surface area contributed by atoms with Gasteiger partial charge in [0.15, 0.2) is 0 Å². The summed E-state index contributed by atoms with van der Waals surface area (Å²) in [6, 6.07) is 9.20. The highest BCUT2D eigenvalue weighted by molar-refractivity contribution is 9.10. The van der Waals surface area contributed by atoms with E-state index < -0.39 is 11.8 Å². The van der Waals surface area contributed by atoms with Gasteiger partial charge in [-0.15, -0.1) is 0 Å². The molecule has 5 nitrogen and oxygen atoms in total. The highest BCUT2D eigenvalue weighted by Crippen LogP contribution is 2.25. The van der Waals surface area contributed by atoms with Crippen molar-refractivity contribution in [1.82, 2.24) is 4.98 Å². The van der Waals surface area contributed by atoms with E-state index >= 15 is 0 Å². The van der Waals surface area contributed by atoms with E-state index in [2.05, 4.69) is 20.9 Å². The number of halogens is 1.